The van der Waals surface area contributed by atoms with Crippen LogP contribution in [0.4, 0.5) is 0 Å². The van der Waals surface area contributed by atoms with Gasteiger partial charge in [-0.2, -0.15) is 0 Å². The predicted octanol–water partition coefficient (Wildman–Crippen LogP) is 3.15. The molecule has 0 spiro atoms. The Bertz CT molecular complexity index is 387. The fourth-order valence-electron chi connectivity index (χ4n) is 2.55. The second-order valence-corrected chi connectivity index (χ2v) is 4.88. The molecule has 0 aliphatic rings. The molecule has 1 rings (SSSR count). The van der Waals surface area contributed by atoms with Crippen molar-refractivity contribution in [1.29, 1.82) is 0 Å². The predicted molar refractivity (Wildman–Crippen MR) is 78.5 cm³/mol. The average Bonchev–Trinajstić information content (AvgIpc) is 2.45. The van der Waals surface area contributed by atoms with Crippen LogP contribution in [-0.4, -0.2) is 35.6 Å². The van der Waals surface area contributed by atoms with E-state index in [0.29, 0.717) is 12.8 Å². The van der Waals surface area contributed by atoms with E-state index < -0.39 is 11.4 Å². The topological polar surface area (TPSA) is 40.5 Å². The standard InChI is InChI=1S/C16H25NO2/c1-4-16(15(18)19,12-13-17(5-2)6-3)14-10-8-7-9-11-14/h7-11H,4-6,12-13H2,1-3H3,(H,18,19). The van der Waals surface area contributed by atoms with E-state index in [-0.39, 0.29) is 0 Å². The maximum atomic E-state index is 11.8. The number of benzene rings is 1. The van der Waals surface area contributed by atoms with Crippen molar-refractivity contribution in [3.8, 4) is 0 Å². The summed E-state index contributed by atoms with van der Waals surface area (Å²) in [5, 5.41) is 9.72. The van der Waals surface area contributed by atoms with Crippen LogP contribution in [-0.2, 0) is 10.2 Å². The van der Waals surface area contributed by atoms with E-state index in [2.05, 4.69) is 18.7 Å². The molecular formula is C16H25NO2. The zero-order valence-electron chi connectivity index (χ0n) is 12.2. The van der Waals surface area contributed by atoms with Gasteiger partial charge >= 0.3 is 5.97 Å². The second kappa shape index (κ2) is 7.29. The molecule has 106 valence electrons. The van der Waals surface area contributed by atoms with Crippen molar-refractivity contribution in [3.05, 3.63) is 35.9 Å². The third kappa shape index (κ3) is 3.57. The number of aliphatic carboxylic acids is 1. The largest absolute Gasteiger partial charge is 0.481 e. The number of carbonyl (C=O) groups is 1. The van der Waals surface area contributed by atoms with Gasteiger partial charge in [0.2, 0.25) is 0 Å². The number of carboxylic acids is 1. The van der Waals surface area contributed by atoms with E-state index >= 15 is 0 Å². The normalized spacial score (nSPS) is 14.3. The first-order chi connectivity index (χ1) is 9.10. The van der Waals surface area contributed by atoms with Gasteiger partial charge in [-0.3, -0.25) is 4.79 Å². The van der Waals surface area contributed by atoms with E-state index in [0.717, 1.165) is 25.2 Å². The van der Waals surface area contributed by atoms with Crippen LogP contribution in [0.3, 0.4) is 0 Å². The molecule has 19 heavy (non-hydrogen) atoms. The summed E-state index contributed by atoms with van der Waals surface area (Å²) in [6.45, 7) is 8.93. The van der Waals surface area contributed by atoms with Crippen LogP contribution in [0.15, 0.2) is 30.3 Å². The first-order valence-electron chi connectivity index (χ1n) is 7.12. The molecule has 1 N–H and O–H groups in total. The second-order valence-electron chi connectivity index (χ2n) is 4.88. The molecule has 0 saturated heterocycles. The lowest BCUT2D eigenvalue weighted by Crippen LogP contribution is -2.39. The molecule has 0 bridgehead atoms. The fourth-order valence-corrected chi connectivity index (χ4v) is 2.55. The highest BCUT2D eigenvalue weighted by molar-refractivity contribution is 5.81. The molecule has 0 aliphatic heterocycles. The van der Waals surface area contributed by atoms with Crippen molar-refractivity contribution >= 4 is 5.97 Å². The Morgan fingerprint density at radius 1 is 1.16 bits per heavy atom. The van der Waals surface area contributed by atoms with Crippen molar-refractivity contribution in [2.75, 3.05) is 19.6 Å². The number of nitrogens with zero attached hydrogens (tertiary/aromatic N) is 1. The maximum Gasteiger partial charge on any atom is 0.314 e. The van der Waals surface area contributed by atoms with E-state index in [4.69, 9.17) is 0 Å². The summed E-state index contributed by atoms with van der Waals surface area (Å²) < 4.78 is 0. The highest BCUT2D eigenvalue weighted by Gasteiger charge is 2.38. The van der Waals surface area contributed by atoms with Gasteiger partial charge in [0.25, 0.3) is 0 Å². The van der Waals surface area contributed by atoms with E-state index in [9.17, 15) is 9.90 Å². The summed E-state index contributed by atoms with van der Waals surface area (Å²) in [6.07, 6.45) is 1.28. The highest BCUT2D eigenvalue weighted by atomic mass is 16.4. The molecule has 0 heterocycles. The van der Waals surface area contributed by atoms with Gasteiger partial charge < -0.3 is 10.0 Å². The van der Waals surface area contributed by atoms with Crippen LogP contribution >= 0.6 is 0 Å². The van der Waals surface area contributed by atoms with Gasteiger partial charge in [0, 0.05) is 0 Å². The smallest absolute Gasteiger partial charge is 0.314 e. The molecule has 3 nitrogen and oxygen atoms in total. The summed E-state index contributed by atoms with van der Waals surface area (Å²) >= 11 is 0. The molecule has 1 aromatic rings. The van der Waals surface area contributed by atoms with Crippen molar-refractivity contribution in [1.82, 2.24) is 4.90 Å². The van der Waals surface area contributed by atoms with Crippen LogP contribution in [0.5, 0.6) is 0 Å². The van der Waals surface area contributed by atoms with Gasteiger partial charge in [-0.05, 0) is 38.0 Å². The zero-order chi connectivity index (χ0) is 14.3. The molecule has 1 unspecified atom stereocenters. The minimum atomic E-state index is -0.760. The molecule has 0 aromatic heterocycles. The Kier molecular flexibility index (Phi) is 6.03. The minimum absolute atomic E-state index is 0.619. The van der Waals surface area contributed by atoms with Crippen LogP contribution in [0.25, 0.3) is 0 Å². The maximum absolute atomic E-state index is 11.8. The zero-order valence-corrected chi connectivity index (χ0v) is 12.2. The Morgan fingerprint density at radius 3 is 2.16 bits per heavy atom. The quantitative estimate of drug-likeness (QED) is 0.783. The van der Waals surface area contributed by atoms with Gasteiger partial charge in [0.1, 0.15) is 0 Å². The molecule has 0 aliphatic carbocycles. The van der Waals surface area contributed by atoms with Crippen LogP contribution in [0, 0.1) is 0 Å². The summed E-state index contributed by atoms with van der Waals surface area (Å²) in [4.78, 5) is 14.1. The third-order valence-electron chi connectivity index (χ3n) is 4.09. The number of carboxylic acid groups (broad SMARTS) is 1. The fraction of sp³-hybridized carbons (Fsp3) is 0.562. The lowest BCUT2D eigenvalue weighted by atomic mass is 9.75. The summed E-state index contributed by atoms with van der Waals surface area (Å²) in [5.41, 5.74) is 0.154. The minimum Gasteiger partial charge on any atom is -0.481 e. The van der Waals surface area contributed by atoms with Crippen molar-refractivity contribution < 1.29 is 9.90 Å². The molecule has 0 saturated carbocycles. The van der Waals surface area contributed by atoms with Gasteiger partial charge in [0.05, 0.1) is 5.41 Å². The molecule has 1 atom stereocenters. The number of rotatable bonds is 8. The number of hydrogen-bond donors (Lipinski definition) is 1. The van der Waals surface area contributed by atoms with Gasteiger partial charge in [0.15, 0.2) is 0 Å². The third-order valence-corrected chi connectivity index (χ3v) is 4.09. The number of hydrogen-bond acceptors (Lipinski definition) is 2. The van der Waals surface area contributed by atoms with Gasteiger partial charge in [-0.25, -0.2) is 0 Å². The Morgan fingerprint density at radius 2 is 1.74 bits per heavy atom. The summed E-state index contributed by atoms with van der Waals surface area (Å²) in [7, 11) is 0. The monoisotopic (exact) mass is 263 g/mol. The first-order valence-corrected chi connectivity index (χ1v) is 7.12. The lowest BCUT2D eigenvalue weighted by Gasteiger charge is -2.31. The van der Waals surface area contributed by atoms with E-state index in [1.54, 1.807) is 0 Å². The van der Waals surface area contributed by atoms with E-state index in [1.165, 1.54) is 0 Å². The van der Waals surface area contributed by atoms with E-state index in [1.807, 2.05) is 37.3 Å². The summed E-state index contributed by atoms with van der Waals surface area (Å²) in [6, 6.07) is 9.62. The van der Waals surface area contributed by atoms with Crippen LogP contribution in [0.1, 0.15) is 39.2 Å². The van der Waals surface area contributed by atoms with Crippen LogP contribution < -0.4 is 0 Å². The van der Waals surface area contributed by atoms with Crippen molar-refractivity contribution in [2.45, 2.75) is 39.0 Å². The molecule has 3 heteroatoms. The van der Waals surface area contributed by atoms with Crippen molar-refractivity contribution in [2.24, 2.45) is 0 Å². The van der Waals surface area contributed by atoms with Gasteiger partial charge in [-0.1, -0.05) is 51.1 Å². The molecule has 0 radical (unpaired) electrons. The van der Waals surface area contributed by atoms with Crippen molar-refractivity contribution in [3.63, 3.8) is 0 Å². The highest BCUT2D eigenvalue weighted by Crippen LogP contribution is 2.32. The summed E-state index contributed by atoms with van der Waals surface area (Å²) in [5.74, 6) is -0.714. The SMILES string of the molecule is CCN(CC)CCC(CC)(C(=O)O)c1ccccc1. The lowest BCUT2D eigenvalue weighted by molar-refractivity contribution is -0.144. The molecule has 1 aromatic carbocycles. The Balaban J connectivity index is 2.97. The first kappa shape index (κ1) is 15.7. The Hall–Kier alpha value is -1.35. The van der Waals surface area contributed by atoms with Crippen LogP contribution in [0.2, 0.25) is 0 Å². The molecule has 0 amide bonds. The Labute approximate surface area is 116 Å². The van der Waals surface area contributed by atoms with Gasteiger partial charge in [-0.15, -0.1) is 0 Å². The molecular weight excluding hydrogens is 238 g/mol. The average molecular weight is 263 g/mol. The molecule has 0 fully saturated rings.